The number of aromatic nitrogens is 2. The van der Waals surface area contributed by atoms with Crippen LogP contribution in [0.4, 0.5) is 0 Å². The Morgan fingerprint density at radius 1 is 1.40 bits per heavy atom. The molecule has 0 aliphatic carbocycles. The molecule has 108 valence electrons. The van der Waals surface area contributed by atoms with Crippen LogP contribution in [0.25, 0.3) is 0 Å². The first kappa shape index (κ1) is 13.6. The van der Waals surface area contributed by atoms with E-state index in [-0.39, 0.29) is 29.2 Å². The Hall–Kier alpha value is -1.34. The lowest BCUT2D eigenvalue weighted by Crippen LogP contribution is -2.49. The molecule has 2 atom stereocenters. The van der Waals surface area contributed by atoms with Crippen LogP contribution in [0.2, 0.25) is 0 Å². The Kier molecular flexibility index (Phi) is 3.55. The maximum atomic E-state index is 12.5. The van der Waals surface area contributed by atoms with E-state index >= 15 is 0 Å². The van der Waals surface area contributed by atoms with Crippen LogP contribution in [-0.2, 0) is 11.3 Å². The molecule has 0 bridgehead atoms. The SMILES string of the molecule is C[C@@H]1CN(C(=O)c2cnc3n(c2=O)CCS3)C[C@H](C)O1. The standard InChI is InChI=1S/C13H17N3O3S/c1-8-6-15(7-9(2)19-8)11(17)10-5-14-13-16(12(10)18)3-4-20-13/h5,8-9H,3-4,6-7H2,1-2H3/t8-,9+. The van der Waals surface area contributed by atoms with Crippen molar-refractivity contribution >= 4 is 17.7 Å². The number of ether oxygens (including phenoxy) is 1. The number of carbonyl (C=O) groups excluding carboxylic acids is 1. The summed E-state index contributed by atoms with van der Waals surface area (Å²) in [7, 11) is 0. The molecule has 0 N–H and O–H groups in total. The number of nitrogens with zero attached hydrogens (tertiary/aromatic N) is 3. The monoisotopic (exact) mass is 295 g/mol. The van der Waals surface area contributed by atoms with Gasteiger partial charge in [-0.25, -0.2) is 4.98 Å². The molecule has 20 heavy (non-hydrogen) atoms. The topological polar surface area (TPSA) is 64.4 Å². The van der Waals surface area contributed by atoms with Gasteiger partial charge in [0, 0.05) is 31.6 Å². The molecule has 7 heteroatoms. The first-order chi connectivity index (χ1) is 9.56. The van der Waals surface area contributed by atoms with Gasteiger partial charge in [0.15, 0.2) is 5.16 Å². The second kappa shape index (κ2) is 5.21. The Morgan fingerprint density at radius 3 is 2.80 bits per heavy atom. The van der Waals surface area contributed by atoms with Crippen molar-refractivity contribution in [1.82, 2.24) is 14.5 Å². The fourth-order valence-corrected chi connectivity index (χ4v) is 3.59. The summed E-state index contributed by atoms with van der Waals surface area (Å²) in [6.45, 7) is 5.52. The number of morpholine rings is 1. The molecule has 0 aromatic carbocycles. The van der Waals surface area contributed by atoms with E-state index in [4.69, 9.17) is 4.74 Å². The van der Waals surface area contributed by atoms with E-state index in [0.29, 0.717) is 24.8 Å². The molecule has 3 heterocycles. The van der Waals surface area contributed by atoms with Crippen LogP contribution in [0.1, 0.15) is 24.2 Å². The lowest BCUT2D eigenvalue weighted by molar-refractivity contribution is -0.0586. The van der Waals surface area contributed by atoms with Gasteiger partial charge in [-0.3, -0.25) is 14.2 Å². The highest BCUT2D eigenvalue weighted by atomic mass is 32.2. The minimum Gasteiger partial charge on any atom is -0.372 e. The van der Waals surface area contributed by atoms with Gasteiger partial charge in [0.2, 0.25) is 0 Å². The maximum Gasteiger partial charge on any atom is 0.267 e. The molecule has 0 radical (unpaired) electrons. The minimum atomic E-state index is -0.239. The Morgan fingerprint density at radius 2 is 2.10 bits per heavy atom. The van der Waals surface area contributed by atoms with Crippen molar-refractivity contribution in [2.24, 2.45) is 0 Å². The molecule has 6 nitrogen and oxygen atoms in total. The number of hydrogen-bond donors (Lipinski definition) is 0. The molecular formula is C13H17N3O3S. The first-order valence-electron chi connectivity index (χ1n) is 6.73. The van der Waals surface area contributed by atoms with E-state index in [1.165, 1.54) is 6.20 Å². The quantitative estimate of drug-likeness (QED) is 0.710. The number of hydrogen-bond acceptors (Lipinski definition) is 5. The van der Waals surface area contributed by atoms with Crippen molar-refractivity contribution in [3.8, 4) is 0 Å². The van der Waals surface area contributed by atoms with Gasteiger partial charge < -0.3 is 9.64 Å². The molecule has 0 spiro atoms. The third-order valence-electron chi connectivity index (χ3n) is 3.49. The number of carbonyl (C=O) groups is 1. The molecule has 1 fully saturated rings. The predicted octanol–water partition coefficient (Wildman–Crippen LogP) is 0.598. The molecule has 3 rings (SSSR count). The van der Waals surface area contributed by atoms with E-state index in [9.17, 15) is 9.59 Å². The van der Waals surface area contributed by atoms with Gasteiger partial charge in [0.1, 0.15) is 5.56 Å². The number of fused-ring (bicyclic) bond motifs is 1. The molecule has 0 saturated carbocycles. The summed E-state index contributed by atoms with van der Waals surface area (Å²) in [4.78, 5) is 30.8. The third kappa shape index (κ3) is 2.35. The average molecular weight is 295 g/mol. The van der Waals surface area contributed by atoms with Crippen LogP contribution in [-0.4, -0.2) is 51.4 Å². The number of rotatable bonds is 1. The van der Waals surface area contributed by atoms with Gasteiger partial charge in [-0.2, -0.15) is 0 Å². The zero-order valence-corrected chi connectivity index (χ0v) is 12.4. The van der Waals surface area contributed by atoms with Gasteiger partial charge >= 0.3 is 0 Å². The first-order valence-corrected chi connectivity index (χ1v) is 7.72. The highest BCUT2D eigenvalue weighted by Gasteiger charge is 2.29. The molecule has 1 saturated heterocycles. The van der Waals surface area contributed by atoms with Gasteiger partial charge in [-0.05, 0) is 13.8 Å². The molecular weight excluding hydrogens is 278 g/mol. The predicted molar refractivity (Wildman–Crippen MR) is 75.1 cm³/mol. The largest absolute Gasteiger partial charge is 0.372 e. The number of thioether (sulfide) groups is 1. The van der Waals surface area contributed by atoms with Gasteiger partial charge in [-0.15, -0.1) is 0 Å². The lowest BCUT2D eigenvalue weighted by atomic mass is 10.2. The van der Waals surface area contributed by atoms with Crippen molar-refractivity contribution in [2.45, 2.75) is 37.8 Å². The van der Waals surface area contributed by atoms with Crippen molar-refractivity contribution < 1.29 is 9.53 Å². The summed E-state index contributed by atoms with van der Waals surface area (Å²) >= 11 is 1.55. The van der Waals surface area contributed by atoms with Crippen molar-refractivity contribution in [2.75, 3.05) is 18.8 Å². The van der Waals surface area contributed by atoms with E-state index in [1.54, 1.807) is 21.2 Å². The normalized spacial score (nSPS) is 25.6. The molecule has 0 unspecified atom stereocenters. The van der Waals surface area contributed by atoms with Crippen molar-refractivity contribution in [1.29, 1.82) is 0 Å². The van der Waals surface area contributed by atoms with Gasteiger partial charge in [0.05, 0.1) is 12.2 Å². The van der Waals surface area contributed by atoms with Crippen LogP contribution >= 0.6 is 11.8 Å². The zero-order chi connectivity index (χ0) is 14.3. The van der Waals surface area contributed by atoms with Crippen LogP contribution < -0.4 is 5.56 Å². The summed E-state index contributed by atoms with van der Waals surface area (Å²) in [5, 5.41) is 0.704. The van der Waals surface area contributed by atoms with E-state index in [0.717, 1.165) is 5.75 Å². The minimum absolute atomic E-state index is 0.0107. The molecule has 1 aromatic heterocycles. The average Bonchev–Trinajstić information content (AvgIpc) is 2.86. The van der Waals surface area contributed by atoms with Gasteiger partial charge in [-0.1, -0.05) is 11.8 Å². The van der Waals surface area contributed by atoms with Gasteiger partial charge in [0.25, 0.3) is 11.5 Å². The Bertz CT molecular complexity index is 591. The fraction of sp³-hybridized carbons (Fsp3) is 0.615. The summed E-state index contributed by atoms with van der Waals surface area (Å²) in [6.07, 6.45) is 1.39. The van der Waals surface area contributed by atoms with E-state index < -0.39 is 0 Å². The highest BCUT2D eigenvalue weighted by molar-refractivity contribution is 7.99. The second-order valence-electron chi connectivity index (χ2n) is 5.23. The molecule has 2 aliphatic rings. The summed E-state index contributed by atoms with van der Waals surface area (Å²) in [6, 6.07) is 0. The fourth-order valence-electron chi connectivity index (χ4n) is 2.68. The zero-order valence-electron chi connectivity index (χ0n) is 11.5. The van der Waals surface area contributed by atoms with Crippen LogP contribution in [0, 0.1) is 0 Å². The maximum absolute atomic E-state index is 12.5. The van der Waals surface area contributed by atoms with Crippen molar-refractivity contribution in [3.05, 3.63) is 22.1 Å². The van der Waals surface area contributed by atoms with Crippen molar-refractivity contribution in [3.63, 3.8) is 0 Å². The Balaban J connectivity index is 1.90. The summed E-state index contributed by atoms with van der Waals surface area (Å²) < 4.78 is 7.20. The van der Waals surface area contributed by atoms with Crippen LogP contribution in [0.3, 0.4) is 0 Å². The summed E-state index contributed by atoms with van der Waals surface area (Å²) in [5.74, 6) is 0.600. The lowest BCUT2D eigenvalue weighted by Gasteiger charge is -2.35. The smallest absolute Gasteiger partial charge is 0.267 e. The Labute approximate surface area is 121 Å². The van der Waals surface area contributed by atoms with E-state index in [2.05, 4.69) is 4.98 Å². The van der Waals surface area contributed by atoms with Crippen LogP contribution in [0.5, 0.6) is 0 Å². The second-order valence-corrected chi connectivity index (χ2v) is 6.29. The molecule has 1 amide bonds. The summed E-state index contributed by atoms with van der Waals surface area (Å²) in [5.41, 5.74) is -0.0608. The molecule has 1 aromatic rings. The third-order valence-corrected chi connectivity index (χ3v) is 4.46. The van der Waals surface area contributed by atoms with E-state index in [1.807, 2.05) is 13.8 Å². The highest BCUT2D eigenvalue weighted by Crippen LogP contribution is 2.21. The van der Waals surface area contributed by atoms with Crippen LogP contribution in [0.15, 0.2) is 16.1 Å². The number of amides is 1. The molecule has 2 aliphatic heterocycles.